The molecule has 8 heteroatoms. The van der Waals surface area contributed by atoms with Crippen LogP contribution < -0.4 is 0 Å². The van der Waals surface area contributed by atoms with Crippen molar-refractivity contribution in [3.05, 3.63) is 0 Å². The quantitative estimate of drug-likeness (QED) is 0.511. The van der Waals surface area contributed by atoms with Crippen molar-refractivity contribution < 1.29 is 73.3 Å². The number of rotatable bonds is 0. The Hall–Kier alpha value is 1.29. The minimum Gasteiger partial charge on any atom is -2.00 e. The summed E-state index contributed by atoms with van der Waals surface area (Å²) in [6, 6.07) is 0. The van der Waals surface area contributed by atoms with Crippen molar-refractivity contribution in [3.8, 4) is 0 Å². The molecule has 0 spiro atoms. The summed E-state index contributed by atoms with van der Waals surface area (Å²) in [6.45, 7) is 0. The molecule has 5 nitrogen and oxygen atoms in total. The molecule has 40 valence electrons. The first-order valence-electron chi connectivity index (χ1n) is 0.408. The fraction of sp³-hybridized carbons (Fsp3) is 0. The Morgan fingerprint density at radius 2 is 0.875 bits per heavy atom. The molecule has 8 heavy (non-hydrogen) atoms. The van der Waals surface area contributed by atoms with Gasteiger partial charge in [0.25, 0.3) is 0 Å². The standard InChI is InChI=1S/O2Si.3O.Ti.Zr/c1-3-2;;;;;/q;3*-2;2*+4. The maximum Gasteiger partial charge on any atom is 4.00 e. The predicted octanol–water partition coefficient (Wildman–Crippen LogP) is -0.980. The predicted molar refractivity (Wildman–Crippen MR) is 9.19 cm³/mol. The Morgan fingerprint density at radius 3 is 0.875 bits per heavy atom. The fourth-order valence-electron chi connectivity index (χ4n) is 0. The van der Waals surface area contributed by atoms with Gasteiger partial charge in [0, 0.05) is 0 Å². The number of hydrogen-bond donors (Lipinski definition) is 0. The molecule has 0 fully saturated rings. The van der Waals surface area contributed by atoms with Crippen molar-refractivity contribution in [1.29, 1.82) is 0 Å². The first kappa shape index (κ1) is 58.9. The molecule has 0 atom stereocenters. The SMILES string of the molecule is O=[Si]=O.[O-2].[O-2].[O-2].[Ti+4].[Zr+4]. The Morgan fingerprint density at radius 1 is 0.875 bits per heavy atom. The van der Waals surface area contributed by atoms with Crippen molar-refractivity contribution in [2.24, 2.45) is 0 Å². The van der Waals surface area contributed by atoms with Crippen LogP contribution in [0.2, 0.25) is 0 Å². The molecular weight excluding hydrogens is 247 g/mol. The van der Waals surface area contributed by atoms with E-state index in [0.717, 1.165) is 0 Å². The van der Waals surface area contributed by atoms with Crippen LogP contribution in [0.4, 0.5) is 0 Å². The fourth-order valence-corrected chi connectivity index (χ4v) is 0. The average Bonchev–Trinajstić information content (AvgIpc) is 0.918. The second kappa shape index (κ2) is 83.8. The van der Waals surface area contributed by atoms with Crippen LogP contribution in [0.3, 0.4) is 0 Å². The van der Waals surface area contributed by atoms with E-state index >= 15 is 0 Å². The van der Waals surface area contributed by atoms with Crippen LogP contribution in [0.25, 0.3) is 0 Å². The van der Waals surface area contributed by atoms with E-state index in [-0.39, 0.29) is 64.3 Å². The van der Waals surface area contributed by atoms with Gasteiger partial charge in [-0.3, -0.25) is 8.92 Å². The van der Waals surface area contributed by atoms with Gasteiger partial charge in [-0.05, 0) is 0 Å². The first-order chi connectivity index (χ1) is 1.41. The zero-order chi connectivity index (χ0) is 2.71. The van der Waals surface area contributed by atoms with Gasteiger partial charge in [-0.1, -0.05) is 0 Å². The monoisotopic (exact) mass is 246 g/mol. The van der Waals surface area contributed by atoms with E-state index in [1.165, 1.54) is 0 Å². The van der Waals surface area contributed by atoms with Crippen LogP contribution in [0.15, 0.2) is 0 Å². The molecule has 0 aliphatic carbocycles. The smallest absolute Gasteiger partial charge is 2.00 e. The summed E-state index contributed by atoms with van der Waals surface area (Å²) in [5.41, 5.74) is 0. The van der Waals surface area contributed by atoms with E-state index in [1.54, 1.807) is 0 Å². The molecule has 0 aliphatic heterocycles. The van der Waals surface area contributed by atoms with Crippen LogP contribution >= 0.6 is 0 Å². The molecule has 0 aromatic heterocycles. The van der Waals surface area contributed by atoms with Gasteiger partial charge in [0.2, 0.25) is 0 Å². The zero-order valence-corrected chi connectivity index (χ0v) is 8.56. The van der Waals surface area contributed by atoms with E-state index in [4.69, 9.17) is 8.92 Å². The van der Waals surface area contributed by atoms with Gasteiger partial charge in [-0.15, -0.1) is 0 Å². The van der Waals surface area contributed by atoms with Crippen LogP contribution in [-0.4, -0.2) is 9.29 Å². The Bertz CT molecular complexity index is 33.4. The van der Waals surface area contributed by atoms with Crippen molar-refractivity contribution in [1.82, 2.24) is 0 Å². The molecule has 0 unspecified atom stereocenters. The minimum atomic E-state index is -1.42. The molecule has 0 rings (SSSR count). The molecule has 0 amide bonds. The van der Waals surface area contributed by atoms with Crippen LogP contribution in [0, 0.1) is 0 Å². The van der Waals surface area contributed by atoms with E-state index < -0.39 is 9.29 Å². The van der Waals surface area contributed by atoms with Crippen LogP contribution in [0.1, 0.15) is 0 Å². The largest absolute Gasteiger partial charge is 4.00 e. The van der Waals surface area contributed by atoms with Crippen molar-refractivity contribution in [3.63, 3.8) is 0 Å². The maximum atomic E-state index is 8.40. The molecular formula is O5SiTiZr+2. The molecule has 0 aromatic rings. The summed E-state index contributed by atoms with van der Waals surface area (Å²) in [4.78, 5) is 0. The number of hydrogen-bond acceptors (Lipinski definition) is 2. The van der Waals surface area contributed by atoms with Crippen molar-refractivity contribution in [2.75, 3.05) is 0 Å². The molecule has 0 bridgehead atoms. The Kier molecular flexibility index (Phi) is 617. The summed E-state index contributed by atoms with van der Waals surface area (Å²) >= 11 is 0. The second-order valence-corrected chi connectivity index (χ2v) is 0.250. The van der Waals surface area contributed by atoms with E-state index in [9.17, 15) is 0 Å². The summed E-state index contributed by atoms with van der Waals surface area (Å²) in [7, 11) is -1.42. The third-order valence-corrected chi connectivity index (χ3v) is 0. The van der Waals surface area contributed by atoms with Gasteiger partial charge < -0.3 is 16.4 Å². The van der Waals surface area contributed by atoms with Gasteiger partial charge in [-0.25, -0.2) is 0 Å². The molecule has 0 aromatic carbocycles. The van der Waals surface area contributed by atoms with Gasteiger partial charge in [0.1, 0.15) is 0 Å². The Balaban J connectivity index is -0.00000000200. The first-order valence-corrected chi connectivity index (χ1v) is 1.22. The van der Waals surface area contributed by atoms with Crippen molar-refractivity contribution in [2.45, 2.75) is 0 Å². The molecule has 0 aliphatic rings. The summed E-state index contributed by atoms with van der Waals surface area (Å²) in [6.07, 6.45) is 0. The molecule has 0 radical (unpaired) electrons. The molecule has 0 saturated carbocycles. The summed E-state index contributed by atoms with van der Waals surface area (Å²) < 4.78 is 16.8. The minimum absolute atomic E-state index is 0. The van der Waals surface area contributed by atoms with E-state index in [1.807, 2.05) is 0 Å². The van der Waals surface area contributed by atoms with Crippen LogP contribution in [-0.2, 0) is 73.3 Å². The average molecular weight is 247 g/mol. The van der Waals surface area contributed by atoms with Gasteiger partial charge >= 0.3 is 57.2 Å². The molecule has 0 N–H and O–H groups in total. The second-order valence-electron chi connectivity index (χ2n) is 0.0833. The Labute approximate surface area is 82.1 Å². The maximum absolute atomic E-state index is 8.40. The van der Waals surface area contributed by atoms with Gasteiger partial charge in [-0.2, -0.15) is 0 Å². The van der Waals surface area contributed by atoms with Crippen molar-refractivity contribution >= 4 is 9.29 Å². The summed E-state index contributed by atoms with van der Waals surface area (Å²) in [5.74, 6) is 0. The third-order valence-electron chi connectivity index (χ3n) is 0. The summed E-state index contributed by atoms with van der Waals surface area (Å²) in [5, 5.41) is 0. The van der Waals surface area contributed by atoms with Crippen LogP contribution in [0.5, 0.6) is 0 Å². The third kappa shape index (κ3) is 173. The molecule has 0 heterocycles. The topological polar surface area (TPSA) is 120 Å². The zero-order valence-electron chi connectivity index (χ0n) is 3.54. The van der Waals surface area contributed by atoms with Gasteiger partial charge in [0.15, 0.2) is 0 Å². The molecule has 0 saturated heterocycles. The van der Waals surface area contributed by atoms with E-state index in [2.05, 4.69) is 0 Å². The van der Waals surface area contributed by atoms with E-state index in [0.29, 0.717) is 0 Å². The normalized spacial score (nSPS) is 1.00. The van der Waals surface area contributed by atoms with Gasteiger partial charge in [0.05, 0.1) is 0 Å².